The van der Waals surface area contributed by atoms with Gasteiger partial charge < -0.3 is 5.32 Å². The average molecular weight is 346 g/mol. The van der Waals surface area contributed by atoms with Crippen LogP contribution in [0, 0.1) is 6.92 Å². The van der Waals surface area contributed by atoms with Gasteiger partial charge in [-0.1, -0.05) is 24.3 Å². The van der Waals surface area contributed by atoms with Gasteiger partial charge in [-0.2, -0.15) is 0 Å². The molecule has 20 heavy (non-hydrogen) atoms. The van der Waals surface area contributed by atoms with Gasteiger partial charge in [0.1, 0.15) is 0 Å². The number of amides is 1. The second-order valence-corrected chi connectivity index (χ2v) is 6.35. The third-order valence-electron chi connectivity index (χ3n) is 3.10. The monoisotopic (exact) mass is 345 g/mol. The van der Waals surface area contributed by atoms with Crippen molar-refractivity contribution < 1.29 is 4.79 Å². The van der Waals surface area contributed by atoms with Crippen LogP contribution in [0.2, 0.25) is 0 Å². The number of carbonyl (C=O) groups is 1. The highest BCUT2D eigenvalue weighted by Gasteiger charge is 2.13. The molecule has 0 aliphatic rings. The number of nitrogens with one attached hydrogen (secondary N) is 1. The van der Waals surface area contributed by atoms with Crippen LogP contribution in [0.15, 0.2) is 52.3 Å². The van der Waals surface area contributed by atoms with E-state index in [0.29, 0.717) is 0 Å². The van der Waals surface area contributed by atoms with E-state index in [1.54, 1.807) is 11.3 Å². The number of anilines is 1. The minimum absolute atomic E-state index is 0.0768. The number of benzene rings is 2. The summed E-state index contributed by atoms with van der Waals surface area (Å²) in [6.45, 7) is 2.02. The Morgan fingerprint density at radius 1 is 1.20 bits per heavy atom. The summed E-state index contributed by atoms with van der Waals surface area (Å²) in [5.74, 6) is -0.0768. The first-order valence-electron chi connectivity index (χ1n) is 6.19. The molecule has 1 heterocycles. The van der Waals surface area contributed by atoms with Gasteiger partial charge >= 0.3 is 0 Å². The predicted octanol–water partition coefficient (Wildman–Crippen LogP) is 5.22. The van der Waals surface area contributed by atoms with E-state index in [0.717, 1.165) is 31.4 Å². The molecule has 1 aromatic heterocycles. The van der Waals surface area contributed by atoms with Gasteiger partial charge in [0.15, 0.2) is 0 Å². The van der Waals surface area contributed by atoms with Gasteiger partial charge in [0.2, 0.25) is 0 Å². The molecule has 3 rings (SSSR count). The summed E-state index contributed by atoms with van der Waals surface area (Å²) in [4.78, 5) is 12.4. The topological polar surface area (TPSA) is 29.1 Å². The fourth-order valence-corrected chi connectivity index (χ4v) is 3.60. The Hall–Kier alpha value is -1.65. The standard InChI is InChI=1S/C16H12BrNOS/c1-10-6-7-14(13(17)8-10)18-16(19)12-9-20-15-5-3-2-4-11(12)15/h2-9H,1H3,(H,18,19). The van der Waals surface area contributed by atoms with Crippen LogP contribution in [0.5, 0.6) is 0 Å². The highest BCUT2D eigenvalue weighted by atomic mass is 79.9. The van der Waals surface area contributed by atoms with Crippen molar-refractivity contribution in [1.82, 2.24) is 0 Å². The van der Waals surface area contributed by atoms with Gasteiger partial charge in [0.05, 0.1) is 11.3 Å². The van der Waals surface area contributed by atoms with Crippen molar-refractivity contribution >= 4 is 48.9 Å². The molecular weight excluding hydrogens is 334 g/mol. The number of carbonyl (C=O) groups excluding carboxylic acids is 1. The fourth-order valence-electron chi connectivity index (χ4n) is 2.06. The Labute approximate surface area is 129 Å². The van der Waals surface area contributed by atoms with Crippen LogP contribution in [-0.2, 0) is 0 Å². The second kappa shape index (κ2) is 5.38. The number of fused-ring (bicyclic) bond motifs is 1. The van der Waals surface area contributed by atoms with E-state index in [2.05, 4.69) is 21.2 Å². The molecule has 0 atom stereocenters. The summed E-state index contributed by atoms with van der Waals surface area (Å²) in [7, 11) is 0. The first kappa shape index (κ1) is 13.3. The van der Waals surface area contributed by atoms with Crippen LogP contribution >= 0.6 is 27.3 Å². The maximum atomic E-state index is 12.4. The average Bonchev–Trinajstić information content (AvgIpc) is 2.86. The van der Waals surface area contributed by atoms with Gasteiger partial charge in [-0.3, -0.25) is 4.79 Å². The molecule has 0 spiro atoms. The van der Waals surface area contributed by atoms with Crippen molar-refractivity contribution in [3.63, 3.8) is 0 Å². The smallest absolute Gasteiger partial charge is 0.257 e. The number of hydrogen-bond acceptors (Lipinski definition) is 2. The minimum atomic E-state index is -0.0768. The first-order valence-corrected chi connectivity index (χ1v) is 7.86. The van der Waals surface area contributed by atoms with Gasteiger partial charge in [0, 0.05) is 19.9 Å². The number of thiophene rings is 1. The van der Waals surface area contributed by atoms with Gasteiger partial charge in [-0.05, 0) is 46.6 Å². The molecule has 0 fully saturated rings. The fraction of sp³-hybridized carbons (Fsp3) is 0.0625. The van der Waals surface area contributed by atoms with E-state index in [1.165, 1.54) is 0 Å². The maximum Gasteiger partial charge on any atom is 0.257 e. The summed E-state index contributed by atoms with van der Waals surface area (Å²) in [5.41, 5.74) is 2.66. The zero-order valence-corrected chi connectivity index (χ0v) is 13.2. The Kier molecular flexibility index (Phi) is 3.59. The number of hydrogen-bond donors (Lipinski definition) is 1. The normalized spacial score (nSPS) is 10.7. The van der Waals surface area contributed by atoms with Crippen molar-refractivity contribution in [1.29, 1.82) is 0 Å². The maximum absolute atomic E-state index is 12.4. The number of rotatable bonds is 2. The molecule has 4 heteroatoms. The zero-order chi connectivity index (χ0) is 14.1. The lowest BCUT2D eigenvalue weighted by Crippen LogP contribution is -2.11. The molecule has 1 amide bonds. The molecular formula is C16H12BrNOS. The summed E-state index contributed by atoms with van der Waals surface area (Å²) in [6, 6.07) is 13.8. The molecule has 0 saturated carbocycles. The van der Waals surface area contributed by atoms with Crippen LogP contribution in [0.25, 0.3) is 10.1 Å². The van der Waals surface area contributed by atoms with Crippen molar-refractivity contribution in [3.05, 3.63) is 63.4 Å². The minimum Gasteiger partial charge on any atom is -0.321 e. The summed E-state index contributed by atoms with van der Waals surface area (Å²) >= 11 is 5.06. The molecule has 2 aromatic carbocycles. The lowest BCUT2D eigenvalue weighted by molar-refractivity contribution is 0.102. The predicted molar refractivity (Wildman–Crippen MR) is 88.7 cm³/mol. The van der Waals surface area contributed by atoms with Crippen molar-refractivity contribution in [3.8, 4) is 0 Å². The van der Waals surface area contributed by atoms with Crippen LogP contribution in [-0.4, -0.2) is 5.91 Å². The largest absolute Gasteiger partial charge is 0.321 e. The molecule has 0 aliphatic heterocycles. The lowest BCUT2D eigenvalue weighted by atomic mass is 10.1. The Morgan fingerprint density at radius 2 is 2.00 bits per heavy atom. The highest BCUT2D eigenvalue weighted by molar-refractivity contribution is 9.10. The lowest BCUT2D eigenvalue weighted by Gasteiger charge is -2.07. The summed E-state index contributed by atoms with van der Waals surface area (Å²) in [5, 5.41) is 5.86. The van der Waals surface area contributed by atoms with Crippen LogP contribution < -0.4 is 5.32 Å². The Bertz CT molecular complexity index is 794. The van der Waals surface area contributed by atoms with Gasteiger partial charge in [0.25, 0.3) is 5.91 Å². The molecule has 1 N–H and O–H groups in total. The number of halogens is 1. The SMILES string of the molecule is Cc1ccc(NC(=O)c2csc3ccccc23)c(Br)c1. The summed E-state index contributed by atoms with van der Waals surface area (Å²) in [6.07, 6.45) is 0. The zero-order valence-electron chi connectivity index (χ0n) is 10.8. The Balaban J connectivity index is 1.93. The van der Waals surface area contributed by atoms with Crippen LogP contribution in [0.1, 0.15) is 15.9 Å². The molecule has 2 nitrogen and oxygen atoms in total. The van der Waals surface area contributed by atoms with Crippen molar-refractivity contribution in [2.45, 2.75) is 6.92 Å². The molecule has 0 bridgehead atoms. The second-order valence-electron chi connectivity index (χ2n) is 4.58. The quantitative estimate of drug-likeness (QED) is 0.677. The molecule has 3 aromatic rings. The van der Waals surface area contributed by atoms with Gasteiger partial charge in [-0.15, -0.1) is 11.3 Å². The molecule has 0 unspecified atom stereocenters. The van der Waals surface area contributed by atoms with Crippen molar-refractivity contribution in [2.75, 3.05) is 5.32 Å². The third kappa shape index (κ3) is 2.49. The number of aryl methyl sites for hydroxylation is 1. The van der Waals surface area contributed by atoms with Crippen LogP contribution in [0.4, 0.5) is 5.69 Å². The highest BCUT2D eigenvalue weighted by Crippen LogP contribution is 2.28. The molecule has 100 valence electrons. The summed E-state index contributed by atoms with van der Waals surface area (Å²) < 4.78 is 2.02. The van der Waals surface area contributed by atoms with Gasteiger partial charge in [-0.25, -0.2) is 0 Å². The van der Waals surface area contributed by atoms with Crippen LogP contribution in [0.3, 0.4) is 0 Å². The van der Waals surface area contributed by atoms with E-state index in [4.69, 9.17) is 0 Å². The molecule has 0 saturated heterocycles. The molecule has 0 aliphatic carbocycles. The first-order chi connectivity index (χ1) is 9.65. The Morgan fingerprint density at radius 3 is 2.80 bits per heavy atom. The van der Waals surface area contributed by atoms with E-state index in [1.807, 2.05) is 54.8 Å². The van der Waals surface area contributed by atoms with E-state index in [9.17, 15) is 4.79 Å². The van der Waals surface area contributed by atoms with E-state index >= 15 is 0 Å². The molecule has 0 radical (unpaired) electrons. The third-order valence-corrected chi connectivity index (χ3v) is 4.72. The van der Waals surface area contributed by atoms with Crippen molar-refractivity contribution in [2.24, 2.45) is 0 Å². The van der Waals surface area contributed by atoms with E-state index < -0.39 is 0 Å². The van der Waals surface area contributed by atoms with E-state index in [-0.39, 0.29) is 5.91 Å².